The Hall–Kier alpha value is -0.340. The fourth-order valence-corrected chi connectivity index (χ4v) is 1.01. The highest BCUT2D eigenvalue weighted by Gasteiger charge is 2.23. The van der Waals surface area contributed by atoms with Gasteiger partial charge in [-0.05, 0) is 25.2 Å². The topological polar surface area (TPSA) is 21.3 Å². The molecule has 1 N–H and O–H groups in total. The molecule has 0 radical (unpaired) electrons. The third-order valence-electron chi connectivity index (χ3n) is 1.85. The zero-order chi connectivity index (χ0) is 7.40. The van der Waals surface area contributed by atoms with Gasteiger partial charge in [-0.25, -0.2) is 5.48 Å². The first-order valence-electron chi connectivity index (χ1n) is 3.78. The first-order valence-corrected chi connectivity index (χ1v) is 3.78. The molecule has 0 unspecified atom stereocenters. The smallest absolute Gasteiger partial charge is 0.0572 e. The molecule has 2 heteroatoms. The van der Waals surface area contributed by atoms with Gasteiger partial charge in [0.25, 0.3) is 0 Å². The van der Waals surface area contributed by atoms with Crippen molar-refractivity contribution in [1.82, 2.24) is 5.48 Å². The average molecular weight is 141 g/mol. The lowest BCUT2D eigenvalue weighted by atomic mass is 10.1. The van der Waals surface area contributed by atoms with Gasteiger partial charge in [-0.2, -0.15) is 0 Å². The lowest BCUT2D eigenvalue weighted by molar-refractivity contribution is 0.0926. The zero-order valence-electron chi connectivity index (χ0n) is 6.52. The van der Waals surface area contributed by atoms with Crippen LogP contribution in [0.4, 0.5) is 0 Å². The van der Waals surface area contributed by atoms with E-state index in [2.05, 4.69) is 12.1 Å². The normalized spacial score (nSPS) is 17.3. The average Bonchev–Trinajstić information content (AvgIpc) is 2.69. The van der Waals surface area contributed by atoms with Gasteiger partial charge in [0.15, 0.2) is 0 Å². The molecule has 0 aliphatic heterocycles. The molecule has 0 aromatic rings. The second kappa shape index (κ2) is 3.74. The van der Waals surface area contributed by atoms with Gasteiger partial charge >= 0.3 is 0 Å². The maximum atomic E-state index is 4.70. The first kappa shape index (κ1) is 7.76. The van der Waals surface area contributed by atoms with Crippen LogP contribution in [-0.4, -0.2) is 13.7 Å². The van der Waals surface area contributed by atoms with Gasteiger partial charge in [0.2, 0.25) is 0 Å². The molecule has 2 nitrogen and oxygen atoms in total. The monoisotopic (exact) mass is 141 g/mol. The third-order valence-corrected chi connectivity index (χ3v) is 1.85. The largest absolute Gasteiger partial charge is 0.305 e. The van der Waals surface area contributed by atoms with Crippen LogP contribution in [0.2, 0.25) is 0 Å². The second-order valence-electron chi connectivity index (χ2n) is 2.78. The molecule has 1 aliphatic carbocycles. The summed E-state index contributed by atoms with van der Waals surface area (Å²) < 4.78 is 0. The minimum atomic E-state index is 0.832. The van der Waals surface area contributed by atoms with Crippen molar-refractivity contribution in [1.29, 1.82) is 0 Å². The van der Waals surface area contributed by atoms with Crippen molar-refractivity contribution in [3.63, 3.8) is 0 Å². The fraction of sp³-hybridized carbons (Fsp3) is 0.750. The molecule has 0 saturated heterocycles. The molecule has 1 fully saturated rings. The SMILES string of the molecule is C=C(CCNOC)C1CC1. The molecule has 0 aromatic carbocycles. The highest BCUT2D eigenvalue weighted by molar-refractivity contribution is 5.07. The van der Waals surface area contributed by atoms with Crippen LogP contribution in [0.5, 0.6) is 0 Å². The Kier molecular flexibility index (Phi) is 2.90. The standard InChI is InChI=1S/C8H15NO/c1-7(8-3-4-8)5-6-9-10-2/h8-9H,1,3-6H2,2H3. The summed E-state index contributed by atoms with van der Waals surface area (Å²) in [6, 6.07) is 0. The zero-order valence-corrected chi connectivity index (χ0v) is 6.52. The predicted octanol–water partition coefficient (Wildman–Crippen LogP) is 1.49. The molecule has 1 aliphatic rings. The second-order valence-corrected chi connectivity index (χ2v) is 2.78. The number of hydroxylamine groups is 1. The molecule has 0 amide bonds. The van der Waals surface area contributed by atoms with E-state index < -0.39 is 0 Å². The van der Waals surface area contributed by atoms with Gasteiger partial charge in [-0.15, -0.1) is 0 Å². The Bertz CT molecular complexity index is 118. The molecule has 0 heterocycles. The summed E-state index contributed by atoms with van der Waals surface area (Å²) in [6.07, 6.45) is 3.76. The molecule has 0 atom stereocenters. The summed E-state index contributed by atoms with van der Waals surface area (Å²) >= 11 is 0. The number of rotatable bonds is 5. The minimum Gasteiger partial charge on any atom is -0.305 e. The maximum Gasteiger partial charge on any atom is 0.0572 e. The maximum absolute atomic E-state index is 4.70. The molecule has 0 aromatic heterocycles. The van der Waals surface area contributed by atoms with Gasteiger partial charge in [0, 0.05) is 6.54 Å². The Morgan fingerprint density at radius 1 is 1.70 bits per heavy atom. The minimum absolute atomic E-state index is 0.832. The summed E-state index contributed by atoms with van der Waals surface area (Å²) in [7, 11) is 1.64. The van der Waals surface area contributed by atoms with Gasteiger partial charge in [-0.1, -0.05) is 12.2 Å². The van der Waals surface area contributed by atoms with Crippen LogP contribution in [0.1, 0.15) is 19.3 Å². The lowest BCUT2D eigenvalue weighted by Gasteiger charge is -2.02. The molecule has 10 heavy (non-hydrogen) atoms. The number of hydrogen-bond donors (Lipinski definition) is 1. The Morgan fingerprint density at radius 2 is 2.40 bits per heavy atom. The molecular formula is C8H15NO. The van der Waals surface area contributed by atoms with Crippen LogP contribution in [0.25, 0.3) is 0 Å². The van der Waals surface area contributed by atoms with Gasteiger partial charge in [0.05, 0.1) is 7.11 Å². The van der Waals surface area contributed by atoms with Crippen molar-refractivity contribution >= 4 is 0 Å². The van der Waals surface area contributed by atoms with Crippen molar-refractivity contribution in [2.24, 2.45) is 5.92 Å². The molecule has 0 spiro atoms. The highest BCUT2D eigenvalue weighted by atomic mass is 16.6. The summed E-state index contributed by atoms with van der Waals surface area (Å²) in [4.78, 5) is 4.70. The number of nitrogens with one attached hydrogen (secondary N) is 1. The summed E-state index contributed by atoms with van der Waals surface area (Å²) in [5.74, 6) is 0.832. The van der Waals surface area contributed by atoms with Crippen molar-refractivity contribution in [3.05, 3.63) is 12.2 Å². The van der Waals surface area contributed by atoms with E-state index in [1.807, 2.05) is 0 Å². The van der Waals surface area contributed by atoms with Gasteiger partial charge < -0.3 is 4.84 Å². The van der Waals surface area contributed by atoms with E-state index in [1.165, 1.54) is 18.4 Å². The first-order chi connectivity index (χ1) is 4.84. The van der Waals surface area contributed by atoms with E-state index >= 15 is 0 Å². The molecule has 1 saturated carbocycles. The summed E-state index contributed by atoms with van der Waals surface area (Å²) in [5, 5.41) is 0. The highest BCUT2D eigenvalue weighted by Crippen LogP contribution is 2.36. The van der Waals surface area contributed by atoms with E-state index in [1.54, 1.807) is 7.11 Å². The number of hydrogen-bond acceptors (Lipinski definition) is 2. The van der Waals surface area contributed by atoms with E-state index in [4.69, 9.17) is 4.84 Å². The molecular weight excluding hydrogens is 126 g/mol. The van der Waals surface area contributed by atoms with Gasteiger partial charge in [-0.3, -0.25) is 0 Å². The fourth-order valence-electron chi connectivity index (χ4n) is 1.01. The van der Waals surface area contributed by atoms with E-state index in [0.717, 1.165) is 18.9 Å². The van der Waals surface area contributed by atoms with Crippen LogP contribution < -0.4 is 5.48 Å². The third kappa shape index (κ3) is 2.50. The Morgan fingerprint density at radius 3 is 2.90 bits per heavy atom. The van der Waals surface area contributed by atoms with Crippen LogP contribution >= 0.6 is 0 Å². The Labute approximate surface area is 62.2 Å². The van der Waals surface area contributed by atoms with Crippen molar-refractivity contribution in [2.45, 2.75) is 19.3 Å². The summed E-state index contributed by atoms with van der Waals surface area (Å²) in [5.41, 5.74) is 4.18. The van der Waals surface area contributed by atoms with Crippen molar-refractivity contribution in [3.8, 4) is 0 Å². The van der Waals surface area contributed by atoms with Crippen molar-refractivity contribution < 1.29 is 4.84 Å². The van der Waals surface area contributed by atoms with Crippen LogP contribution in [0, 0.1) is 5.92 Å². The summed E-state index contributed by atoms with van der Waals surface area (Å²) in [6.45, 7) is 4.89. The van der Waals surface area contributed by atoms with Crippen molar-refractivity contribution in [2.75, 3.05) is 13.7 Å². The van der Waals surface area contributed by atoms with E-state index in [-0.39, 0.29) is 0 Å². The molecule has 1 rings (SSSR count). The van der Waals surface area contributed by atoms with Crippen LogP contribution in [0.15, 0.2) is 12.2 Å². The Balaban J connectivity index is 1.95. The van der Waals surface area contributed by atoms with Gasteiger partial charge in [0.1, 0.15) is 0 Å². The van der Waals surface area contributed by atoms with Crippen LogP contribution in [0.3, 0.4) is 0 Å². The predicted molar refractivity (Wildman–Crippen MR) is 41.5 cm³/mol. The molecule has 0 bridgehead atoms. The molecule has 58 valence electrons. The van der Waals surface area contributed by atoms with Crippen LogP contribution in [-0.2, 0) is 4.84 Å². The van der Waals surface area contributed by atoms with E-state index in [0.29, 0.717) is 0 Å². The lowest BCUT2D eigenvalue weighted by Crippen LogP contribution is -2.13. The van der Waals surface area contributed by atoms with E-state index in [9.17, 15) is 0 Å². The quantitative estimate of drug-likeness (QED) is 0.356.